The number of ether oxygens (including phenoxy) is 2. The van der Waals surface area contributed by atoms with Gasteiger partial charge in [-0.2, -0.15) is 4.39 Å². The Kier molecular flexibility index (Phi) is 5.73. The van der Waals surface area contributed by atoms with Gasteiger partial charge in [0.05, 0.1) is 12.1 Å². The molecule has 2 aromatic rings. The maximum absolute atomic E-state index is 13.5. The molecule has 1 aliphatic rings. The average molecular weight is 394 g/mol. The number of rotatable bonds is 5. The molecule has 0 spiro atoms. The van der Waals surface area contributed by atoms with Gasteiger partial charge in [0.15, 0.2) is 6.23 Å². The van der Waals surface area contributed by atoms with Gasteiger partial charge < -0.3 is 19.7 Å². The highest BCUT2D eigenvalue weighted by molar-refractivity contribution is 5.77. The zero-order valence-corrected chi connectivity index (χ0v) is 14.8. The van der Waals surface area contributed by atoms with E-state index in [-0.39, 0.29) is 6.61 Å². The SMILES string of the molecule is CC(C(=O)OC[C@@H]1O[C@H](n2cc(F)c(=O)[nH]c2=O)C(O)C1O)c1ccccc1. The van der Waals surface area contributed by atoms with Gasteiger partial charge in [0.25, 0.3) is 5.56 Å². The van der Waals surface area contributed by atoms with Crippen molar-refractivity contribution in [3.8, 4) is 0 Å². The number of aromatic amines is 1. The standard InChI is InChI=1S/C18H19FN2O7/c1-9(10-5-3-2-4-6-10)17(25)27-8-12-13(22)14(23)16(28-12)21-7-11(19)15(24)20-18(21)26/h2-7,9,12-14,16,22-23H,8H2,1H3,(H,20,24,26)/t9?,12-,13?,14?,16-/m0/s1. The number of nitrogens with zero attached hydrogens (tertiary/aromatic N) is 1. The van der Waals surface area contributed by atoms with Crippen molar-refractivity contribution in [2.24, 2.45) is 0 Å². The predicted octanol–water partition coefficient (Wildman–Crippen LogP) is -0.358. The Morgan fingerprint density at radius 3 is 2.64 bits per heavy atom. The Morgan fingerprint density at radius 1 is 1.29 bits per heavy atom. The van der Waals surface area contributed by atoms with Crippen LogP contribution in [-0.2, 0) is 14.3 Å². The molecular weight excluding hydrogens is 375 g/mol. The molecule has 3 N–H and O–H groups in total. The van der Waals surface area contributed by atoms with E-state index in [1.165, 1.54) is 0 Å². The molecule has 3 rings (SSSR count). The van der Waals surface area contributed by atoms with E-state index in [9.17, 15) is 29.0 Å². The van der Waals surface area contributed by atoms with Gasteiger partial charge in [-0.25, -0.2) is 4.79 Å². The summed E-state index contributed by atoms with van der Waals surface area (Å²) in [7, 11) is 0. The number of benzene rings is 1. The number of aliphatic hydroxyl groups is 2. The van der Waals surface area contributed by atoms with Gasteiger partial charge in [-0.05, 0) is 12.5 Å². The van der Waals surface area contributed by atoms with Crippen LogP contribution in [-0.4, -0.2) is 50.7 Å². The summed E-state index contributed by atoms with van der Waals surface area (Å²) in [5.41, 5.74) is -1.48. The van der Waals surface area contributed by atoms with Crippen LogP contribution in [0.2, 0.25) is 0 Å². The molecule has 0 aliphatic carbocycles. The van der Waals surface area contributed by atoms with Crippen molar-refractivity contribution < 1.29 is 28.9 Å². The third-order valence-corrected chi connectivity index (χ3v) is 4.58. The molecule has 1 fully saturated rings. The van der Waals surface area contributed by atoms with Crippen molar-refractivity contribution in [2.75, 3.05) is 6.61 Å². The van der Waals surface area contributed by atoms with E-state index >= 15 is 0 Å². The maximum Gasteiger partial charge on any atom is 0.330 e. The molecule has 28 heavy (non-hydrogen) atoms. The second-order valence-corrected chi connectivity index (χ2v) is 6.45. The lowest BCUT2D eigenvalue weighted by Crippen LogP contribution is -2.38. The van der Waals surface area contributed by atoms with Crippen LogP contribution in [0.3, 0.4) is 0 Å². The summed E-state index contributed by atoms with van der Waals surface area (Å²) in [5, 5.41) is 20.3. The number of hydrogen-bond donors (Lipinski definition) is 3. The first kappa shape index (κ1) is 19.9. The van der Waals surface area contributed by atoms with Crippen LogP contribution in [0, 0.1) is 5.82 Å². The van der Waals surface area contributed by atoms with Crippen molar-refractivity contribution in [3.05, 3.63) is 68.7 Å². The lowest BCUT2D eigenvalue weighted by Gasteiger charge is -2.17. The summed E-state index contributed by atoms with van der Waals surface area (Å²) in [5.74, 6) is -2.37. The quantitative estimate of drug-likeness (QED) is 0.591. The van der Waals surface area contributed by atoms with E-state index in [2.05, 4.69) is 0 Å². The fourth-order valence-electron chi connectivity index (χ4n) is 2.91. The van der Waals surface area contributed by atoms with Crippen molar-refractivity contribution in [2.45, 2.75) is 37.4 Å². The van der Waals surface area contributed by atoms with Gasteiger partial charge in [0.2, 0.25) is 5.82 Å². The number of aromatic nitrogens is 2. The highest BCUT2D eigenvalue weighted by Crippen LogP contribution is 2.29. The molecule has 0 bridgehead atoms. The first-order valence-electron chi connectivity index (χ1n) is 8.53. The van der Waals surface area contributed by atoms with Crippen molar-refractivity contribution >= 4 is 5.97 Å². The second kappa shape index (κ2) is 8.05. The molecule has 1 saturated heterocycles. The largest absolute Gasteiger partial charge is 0.462 e. The first-order chi connectivity index (χ1) is 13.3. The number of aliphatic hydroxyl groups excluding tert-OH is 2. The van der Waals surface area contributed by atoms with E-state index in [1.807, 2.05) is 6.07 Å². The highest BCUT2D eigenvalue weighted by Gasteiger charge is 2.45. The summed E-state index contributed by atoms with van der Waals surface area (Å²) in [4.78, 5) is 36.9. The molecule has 1 aliphatic heterocycles. The Balaban J connectivity index is 1.68. The van der Waals surface area contributed by atoms with Crippen molar-refractivity contribution in [1.29, 1.82) is 0 Å². The van der Waals surface area contributed by atoms with Gasteiger partial charge in [-0.3, -0.25) is 19.1 Å². The zero-order chi connectivity index (χ0) is 20.4. The number of halogens is 1. The Labute approximate surface area is 158 Å². The van der Waals surface area contributed by atoms with Crippen LogP contribution < -0.4 is 11.2 Å². The molecule has 9 nitrogen and oxygen atoms in total. The molecule has 1 aromatic carbocycles. The van der Waals surface area contributed by atoms with Crippen LogP contribution in [0.4, 0.5) is 4.39 Å². The number of esters is 1. The molecule has 0 amide bonds. The Hall–Kier alpha value is -2.82. The van der Waals surface area contributed by atoms with Crippen molar-refractivity contribution in [1.82, 2.24) is 9.55 Å². The second-order valence-electron chi connectivity index (χ2n) is 6.45. The van der Waals surface area contributed by atoms with Crippen molar-refractivity contribution in [3.63, 3.8) is 0 Å². The summed E-state index contributed by atoms with van der Waals surface area (Å²) >= 11 is 0. The van der Waals surface area contributed by atoms with Gasteiger partial charge in [-0.15, -0.1) is 0 Å². The normalized spacial score (nSPS) is 25.4. The topological polar surface area (TPSA) is 131 Å². The fourth-order valence-corrected chi connectivity index (χ4v) is 2.91. The van der Waals surface area contributed by atoms with Crippen LogP contribution in [0.25, 0.3) is 0 Å². The molecule has 0 saturated carbocycles. The smallest absolute Gasteiger partial charge is 0.330 e. The number of nitrogens with one attached hydrogen (secondary N) is 1. The van der Waals surface area contributed by atoms with Gasteiger partial charge in [0.1, 0.15) is 24.9 Å². The van der Waals surface area contributed by atoms with E-state index in [0.717, 1.165) is 5.56 Å². The monoisotopic (exact) mass is 394 g/mol. The summed E-state index contributed by atoms with van der Waals surface area (Å²) < 4.78 is 24.6. The van der Waals surface area contributed by atoms with E-state index in [1.54, 1.807) is 36.2 Å². The molecule has 1 aromatic heterocycles. The number of carbonyl (C=O) groups excluding carboxylic acids is 1. The Morgan fingerprint density at radius 2 is 1.96 bits per heavy atom. The third kappa shape index (κ3) is 3.88. The molecule has 10 heteroatoms. The maximum atomic E-state index is 13.5. The van der Waals surface area contributed by atoms with Crippen LogP contribution in [0.15, 0.2) is 46.1 Å². The van der Waals surface area contributed by atoms with Gasteiger partial charge >= 0.3 is 11.7 Å². The number of H-pyrrole nitrogens is 1. The van der Waals surface area contributed by atoms with Crippen LogP contribution in [0.1, 0.15) is 24.6 Å². The molecule has 150 valence electrons. The van der Waals surface area contributed by atoms with Crippen LogP contribution >= 0.6 is 0 Å². The van der Waals surface area contributed by atoms with Crippen LogP contribution in [0.5, 0.6) is 0 Å². The Bertz CT molecular complexity index is 958. The fraction of sp³-hybridized carbons (Fsp3) is 0.389. The summed E-state index contributed by atoms with van der Waals surface area (Å²) in [6, 6.07) is 8.91. The number of carbonyl (C=O) groups is 1. The highest BCUT2D eigenvalue weighted by atomic mass is 19.1. The predicted molar refractivity (Wildman–Crippen MR) is 93.0 cm³/mol. The summed E-state index contributed by atoms with van der Waals surface area (Å²) in [6.07, 6.45) is -5.11. The summed E-state index contributed by atoms with van der Waals surface area (Å²) in [6.45, 7) is 1.27. The van der Waals surface area contributed by atoms with E-state index in [4.69, 9.17) is 9.47 Å². The van der Waals surface area contributed by atoms with Gasteiger partial charge in [0, 0.05) is 0 Å². The lowest BCUT2D eigenvalue weighted by molar-refractivity contribution is -0.151. The third-order valence-electron chi connectivity index (χ3n) is 4.58. The zero-order valence-electron chi connectivity index (χ0n) is 14.8. The van der Waals surface area contributed by atoms with Gasteiger partial charge in [-0.1, -0.05) is 30.3 Å². The molecule has 3 unspecified atom stereocenters. The average Bonchev–Trinajstić information content (AvgIpc) is 2.97. The minimum atomic E-state index is -1.60. The molecule has 5 atom stereocenters. The molecule has 2 heterocycles. The minimum absolute atomic E-state index is 0.384. The lowest BCUT2D eigenvalue weighted by atomic mass is 10.0. The number of hydrogen-bond acceptors (Lipinski definition) is 7. The van der Waals surface area contributed by atoms with E-state index < -0.39 is 53.5 Å². The first-order valence-corrected chi connectivity index (χ1v) is 8.53. The molecular formula is C18H19FN2O7. The van der Waals surface area contributed by atoms with E-state index in [0.29, 0.717) is 10.8 Å². The minimum Gasteiger partial charge on any atom is -0.462 e. The molecule has 0 radical (unpaired) electrons.